The van der Waals surface area contributed by atoms with Crippen LogP contribution in [0.4, 0.5) is 0 Å². The van der Waals surface area contributed by atoms with Crippen LogP contribution in [0.3, 0.4) is 0 Å². The second kappa shape index (κ2) is 5.10. The van der Waals surface area contributed by atoms with E-state index in [1.165, 1.54) is 0 Å². The molecule has 0 fully saturated rings. The number of H-pyrrole nitrogens is 1. The first-order valence-corrected chi connectivity index (χ1v) is 5.92. The molecular weight excluding hydrogens is 214 g/mol. The van der Waals surface area contributed by atoms with Crippen molar-refractivity contribution >= 4 is 10.9 Å². The zero-order valence-corrected chi connectivity index (χ0v) is 10.2. The third-order valence-electron chi connectivity index (χ3n) is 2.89. The maximum Gasteiger partial charge on any atom is 0.258 e. The lowest BCUT2D eigenvalue weighted by molar-refractivity contribution is 0.523. The summed E-state index contributed by atoms with van der Waals surface area (Å²) in [6.45, 7) is 4.82. The van der Waals surface area contributed by atoms with Gasteiger partial charge in [0.15, 0.2) is 0 Å². The Labute approximate surface area is 100 Å². The average molecular weight is 231 g/mol. The van der Waals surface area contributed by atoms with Gasteiger partial charge in [-0.15, -0.1) is 0 Å². The van der Waals surface area contributed by atoms with Crippen molar-refractivity contribution in [3.8, 4) is 0 Å². The van der Waals surface area contributed by atoms with Crippen molar-refractivity contribution in [2.45, 2.75) is 32.9 Å². The van der Waals surface area contributed by atoms with Gasteiger partial charge in [-0.3, -0.25) is 4.79 Å². The van der Waals surface area contributed by atoms with E-state index in [1.807, 2.05) is 18.2 Å². The number of hydrogen-bond acceptors (Lipinski definition) is 3. The molecule has 90 valence electrons. The van der Waals surface area contributed by atoms with E-state index in [1.54, 1.807) is 6.07 Å². The lowest BCUT2D eigenvalue weighted by Crippen LogP contribution is -2.26. The maximum atomic E-state index is 11.8. The molecule has 17 heavy (non-hydrogen) atoms. The molecule has 0 aliphatic carbocycles. The van der Waals surface area contributed by atoms with E-state index in [-0.39, 0.29) is 5.56 Å². The SMILES string of the molecule is CCC(C)NCc1nc2ccccc2c(=O)[nH]1. The Morgan fingerprint density at radius 1 is 1.41 bits per heavy atom. The highest BCUT2D eigenvalue weighted by Crippen LogP contribution is 2.05. The van der Waals surface area contributed by atoms with Gasteiger partial charge in [-0.05, 0) is 25.5 Å². The molecule has 0 saturated heterocycles. The van der Waals surface area contributed by atoms with Gasteiger partial charge in [-0.1, -0.05) is 19.1 Å². The Morgan fingerprint density at radius 3 is 2.94 bits per heavy atom. The van der Waals surface area contributed by atoms with E-state index >= 15 is 0 Å². The molecule has 0 amide bonds. The third-order valence-corrected chi connectivity index (χ3v) is 2.89. The van der Waals surface area contributed by atoms with Crippen LogP contribution in [0.5, 0.6) is 0 Å². The van der Waals surface area contributed by atoms with E-state index in [2.05, 4.69) is 29.1 Å². The number of rotatable bonds is 4. The Bertz CT molecular complexity index is 562. The predicted octanol–water partition coefficient (Wildman–Crippen LogP) is 1.81. The molecule has 0 saturated carbocycles. The molecule has 1 aromatic heterocycles. The summed E-state index contributed by atoms with van der Waals surface area (Å²) in [6, 6.07) is 7.80. The fourth-order valence-electron chi connectivity index (χ4n) is 1.63. The van der Waals surface area contributed by atoms with Crippen LogP contribution in [0.2, 0.25) is 0 Å². The topological polar surface area (TPSA) is 57.8 Å². The Kier molecular flexibility index (Phi) is 3.54. The normalized spacial score (nSPS) is 12.8. The predicted molar refractivity (Wildman–Crippen MR) is 69.0 cm³/mol. The molecular formula is C13H17N3O. The van der Waals surface area contributed by atoms with Crippen LogP contribution in [0.15, 0.2) is 29.1 Å². The highest BCUT2D eigenvalue weighted by atomic mass is 16.1. The second-order valence-corrected chi connectivity index (χ2v) is 4.22. The van der Waals surface area contributed by atoms with Gasteiger partial charge in [0, 0.05) is 6.04 Å². The molecule has 0 bridgehead atoms. The molecule has 4 nitrogen and oxygen atoms in total. The van der Waals surface area contributed by atoms with Crippen molar-refractivity contribution < 1.29 is 0 Å². The summed E-state index contributed by atoms with van der Waals surface area (Å²) in [5, 5.41) is 3.95. The molecule has 0 radical (unpaired) electrons. The molecule has 2 rings (SSSR count). The van der Waals surface area contributed by atoms with Gasteiger partial charge in [0.25, 0.3) is 5.56 Å². The van der Waals surface area contributed by atoms with Crippen molar-refractivity contribution in [1.29, 1.82) is 0 Å². The molecule has 0 spiro atoms. The molecule has 2 aromatic rings. The lowest BCUT2D eigenvalue weighted by Gasteiger charge is -2.10. The van der Waals surface area contributed by atoms with Gasteiger partial charge < -0.3 is 10.3 Å². The van der Waals surface area contributed by atoms with E-state index in [0.717, 1.165) is 11.9 Å². The Morgan fingerprint density at radius 2 is 2.18 bits per heavy atom. The Hall–Kier alpha value is -1.68. The minimum atomic E-state index is -0.0726. The molecule has 1 aromatic carbocycles. The van der Waals surface area contributed by atoms with Crippen molar-refractivity contribution in [3.05, 3.63) is 40.4 Å². The first kappa shape index (κ1) is 11.8. The summed E-state index contributed by atoms with van der Waals surface area (Å²) in [6.07, 6.45) is 1.05. The van der Waals surface area contributed by atoms with Gasteiger partial charge in [0.1, 0.15) is 5.82 Å². The number of aromatic amines is 1. The zero-order chi connectivity index (χ0) is 12.3. The number of fused-ring (bicyclic) bond motifs is 1. The summed E-state index contributed by atoms with van der Waals surface area (Å²) >= 11 is 0. The van der Waals surface area contributed by atoms with Crippen LogP contribution >= 0.6 is 0 Å². The van der Waals surface area contributed by atoms with Crippen LogP contribution in [0, 0.1) is 0 Å². The summed E-state index contributed by atoms with van der Waals surface area (Å²) in [7, 11) is 0. The van der Waals surface area contributed by atoms with Crippen LogP contribution in [-0.2, 0) is 6.54 Å². The summed E-state index contributed by atoms with van der Waals surface area (Å²) in [5.74, 6) is 0.689. The maximum absolute atomic E-state index is 11.8. The van der Waals surface area contributed by atoms with Crippen LogP contribution in [0.25, 0.3) is 10.9 Å². The smallest absolute Gasteiger partial charge is 0.258 e. The van der Waals surface area contributed by atoms with Crippen molar-refractivity contribution in [1.82, 2.24) is 15.3 Å². The van der Waals surface area contributed by atoms with Gasteiger partial charge in [0.05, 0.1) is 17.4 Å². The standard InChI is InChI=1S/C13H17N3O/c1-3-9(2)14-8-12-15-11-7-5-4-6-10(11)13(17)16-12/h4-7,9,14H,3,8H2,1-2H3,(H,15,16,17). The minimum absolute atomic E-state index is 0.0726. The number of hydrogen-bond donors (Lipinski definition) is 2. The number of aromatic nitrogens is 2. The molecule has 0 aliphatic rings. The lowest BCUT2D eigenvalue weighted by atomic mass is 10.2. The minimum Gasteiger partial charge on any atom is -0.309 e. The number of nitrogens with zero attached hydrogens (tertiary/aromatic N) is 1. The zero-order valence-electron chi connectivity index (χ0n) is 10.2. The Balaban J connectivity index is 2.28. The van der Waals surface area contributed by atoms with Crippen LogP contribution in [-0.4, -0.2) is 16.0 Å². The van der Waals surface area contributed by atoms with E-state index < -0.39 is 0 Å². The third kappa shape index (κ3) is 2.71. The van der Waals surface area contributed by atoms with Gasteiger partial charge >= 0.3 is 0 Å². The van der Waals surface area contributed by atoms with E-state index in [0.29, 0.717) is 23.8 Å². The van der Waals surface area contributed by atoms with Crippen molar-refractivity contribution in [2.75, 3.05) is 0 Å². The quantitative estimate of drug-likeness (QED) is 0.843. The number of nitrogens with one attached hydrogen (secondary N) is 2. The van der Waals surface area contributed by atoms with Crippen LogP contribution in [0.1, 0.15) is 26.1 Å². The molecule has 1 heterocycles. The molecule has 0 aliphatic heterocycles. The fraction of sp³-hybridized carbons (Fsp3) is 0.385. The van der Waals surface area contributed by atoms with Gasteiger partial charge in [-0.25, -0.2) is 4.98 Å². The van der Waals surface area contributed by atoms with E-state index in [4.69, 9.17) is 0 Å². The first-order valence-electron chi connectivity index (χ1n) is 5.92. The molecule has 2 N–H and O–H groups in total. The molecule has 1 unspecified atom stereocenters. The average Bonchev–Trinajstić information content (AvgIpc) is 2.36. The van der Waals surface area contributed by atoms with Crippen LogP contribution < -0.4 is 10.9 Å². The molecule has 4 heteroatoms. The molecule has 1 atom stereocenters. The highest BCUT2D eigenvalue weighted by Gasteiger charge is 2.04. The highest BCUT2D eigenvalue weighted by molar-refractivity contribution is 5.77. The fourth-order valence-corrected chi connectivity index (χ4v) is 1.63. The summed E-state index contributed by atoms with van der Waals surface area (Å²) in [5.41, 5.74) is 0.675. The van der Waals surface area contributed by atoms with Gasteiger partial charge in [-0.2, -0.15) is 0 Å². The monoisotopic (exact) mass is 231 g/mol. The van der Waals surface area contributed by atoms with Gasteiger partial charge in [0.2, 0.25) is 0 Å². The first-order chi connectivity index (χ1) is 8.20. The number of benzene rings is 1. The number of para-hydroxylation sites is 1. The van der Waals surface area contributed by atoms with Crippen molar-refractivity contribution in [3.63, 3.8) is 0 Å². The summed E-state index contributed by atoms with van der Waals surface area (Å²) in [4.78, 5) is 19.0. The van der Waals surface area contributed by atoms with E-state index in [9.17, 15) is 4.79 Å². The second-order valence-electron chi connectivity index (χ2n) is 4.22. The summed E-state index contributed by atoms with van der Waals surface area (Å²) < 4.78 is 0. The van der Waals surface area contributed by atoms with Crippen molar-refractivity contribution in [2.24, 2.45) is 0 Å². The largest absolute Gasteiger partial charge is 0.309 e.